The minimum atomic E-state index is 0.0218. The van der Waals surface area contributed by atoms with E-state index in [9.17, 15) is 4.79 Å². The summed E-state index contributed by atoms with van der Waals surface area (Å²) in [4.78, 5) is 12.6. The van der Waals surface area contributed by atoms with Crippen LogP contribution in [0.5, 0.6) is 0 Å². The average molecular weight is 304 g/mol. The lowest BCUT2D eigenvalue weighted by atomic mass is 9.95. The number of anilines is 1. The van der Waals surface area contributed by atoms with Crippen molar-refractivity contribution in [2.45, 2.75) is 25.3 Å². The van der Waals surface area contributed by atoms with Crippen molar-refractivity contribution >= 4 is 17.7 Å². The smallest absolute Gasteiger partial charge is 0.251 e. The van der Waals surface area contributed by atoms with Crippen molar-refractivity contribution in [2.75, 3.05) is 11.9 Å². The van der Waals surface area contributed by atoms with Crippen LogP contribution < -0.4 is 10.6 Å². The number of carbonyl (C=O) groups excluding carboxylic acids is 1. The fourth-order valence-corrected chi connectivity index (χ4v) is 3.39. The maximum Gasteiger partial charge on any atom is 0.251 e. The van der Waals surface area contributed by atoms with Crippen LogP contribution in [0, 0.1) is 0 Å². The Bertz CT molecular complexity index is 779. The van der Waals surface area contributed by atoms with Gasteiger partial charge in [-0.25, -0.2) is 0 Å². The zero-order chi connectivity index (χ0) is 15.6. The van der Waals surface area contributed by atoms with E-state index in [2.05, 4.69) is 34.9 Å². The molecule has 3 nitrogen and oxygen atoms in total. The lowest BCUT2D eigenvalue weighted by molar-refractivity contribution is 0.0938. The van der Waals surface area contributed by atoms with Crippen LogP contribution >= 0.6 is 0 Å². The van der Waals surface area contributed by atoms with Crippen molar-refractivity contribution in [2.24, 2.45) is 0 Å². The van der Waals surface area contributed by atoms with Crippen LogP contribution in [0.25, 0.3) is 6.08 Å². The van der Waals surface area contributed by atoms with Crippen molar-refractivity contribution < 1.29 is 4.79 Å². The van der Waals surface area contributed by atoms with Gasteiger partial charge in [0.2, 0.25) is 0 Å². The molecule has 1 atom stereocenters. The first-order valence-electron chi connectivity index (χ1n) is 8.22. The van der Waals surface area contributed by atoms with Crippen LogP contribution in [0.3, 0.4) is 0 Å². The molecule has 2 aromatic carbocycles. The predicted octanol–water partition coefficient (Wildman–Crippen LogP) is 3.41. The maximum absolute atomic E-state index is 12.6. The van der Waals surface area contributed by atoms with Crippen LogP contribution in [0.1, 0.15) is 33.5 Å². The molecule has 0 radical (unpaired) electrons. The first-order valence-corrected chi connectivity index (χ1v) is 8.22. The third kappa shape index (κ3) is 2.87. The number of fused-ring (bicyclic) bond motifs is 2. The van der Waals surface area contributed by atoms with Crippen molar-refractivity contribution in [1.82, 2.24) is 5.32 Å². The molecule has 2 aromatic rings. The standard InChI is InChI=1S/C20H20N2O/c23-20(17-10-9-14-5-1-2-6-15(14)11-17)22-18-12-16-7-3-4-8-19(16)21-13-18/h1,3-5,7-11,18,21H,2,6,12-13H2,(H,22,23). The van der Waals surface area contributed by atoms with E-state index in [4.69, 9.17) is 0 Å². The molecule has 1 heterocycles. The maximum atomic E-state index is 12.6. The lowest BCUT2D eigenvalue weighted by Crippen LogP contribution is -2.43. The van der Waals surface area contributed by atoms with E-state index in [-0.39, 0.29) is 11.9 Å². The summed E-state index contributed by atoms with van der Waals surface area (Å²) in [6.45, 7) is 0.774. The minimum Gasteiger partial charge on any atom is -0.383 e. The van der Waals surface area contributed by atoms with Gasteiger partial charge in [-0.15, -0.1) is 0 Å². The molecule has 0 fully saturated rings. The number of carbonyl (C=O) groups is 1. The van der Waals surface area contributed by atoms with Gasteiger partial charge in [-0.05, 0) is 54.2 Å². The minimum absolute atomic E-state index is 0.0218. The first kappa shape index (κ1) is 14.1. The normalized spacial score (nSPS) is 18.5. The van der Waals surface area contributed by atoms with Crippen molar-refractivity contribution in [3.63, 3.8) is 0 Å². The van der Waals surface area contributed by atoms with Gasteiger partial charge in [0, 0.05) is 17.8 Å². The van der Waals surface area contributed by atoms with Gasteiger partial charge in [-0.3, -0.25) is 4.79 Å². The van der Waals surface area contributed by atoms with Crippen molar-refractivity contribution in [1.29, 1.82) is 0 Å². The van der Waals surface area contributed by atoms with Crippen molar-refractivity contribution in [3.05, 3.63) is 70.8 Å². The fraction of sp³-hybridized carbons (Fsp3) is 0.250. The molecule has 1 amide bonds. The van der Waals surface area contributed by atoms with E-state index in [1.807, 2.05) is 30.3 Å². The van der Waals surface area contributed by atoms with Gasteiger partial charge in [0.15, 0.2) is 0 Å². The monoisotopic (exact) mass is 304 g/mol. The largest absolute Gasteiger partial charge is 0.383 e. The number of hydrogen-bond donors (Lipinski definition) is 2. The van der Waals surface area contributed by atoms with E-state index in [1.54, 1.807) is 0 Å². The van der Waals surface area contributed by atoms with Gasteiger partial charge in [0.05, 0.1) is 6.04 Å². The molecular weight excluding hydrogens is 284 g/mol. The van der Waals surface area contributed by atoms with Crippen LogP contribution in [0.2, 0.25) is 0 Å². The summed E-state index contributed by atoms with van der Waals surface area (Å²) in [5.74, 6) is 0.0218. The van der Waals surface area contributed by atoms with E-state index in [1.165, 1.54) is 22.4 Å². The quantitative estimate of drug-likeness (QED) is 0.892. The van der Waals surface area contributed by atoms with E-state index < -0.39 is 0 Å². The Hall–Kier alpha value is -2.55. The third-order valence-electron chi connectivity index (χ3n) is 4.64. The Morgan fingerprint density at radius 1 is 1.13 bits per heavy atom. The highest BCUT2D eigenvalue weighted by atomic mass is 16.1. The molecule has 23 heavy (non-hydrogen) atoms. The Kier molecular flexibility index (Phi) is 3.62. The zero-order valence-electron chi connectivity index (χ0n) is 13.0. The van der Waals surface area contributed by atoms with Crippen LogP contribution in [0.4, 0.5) is 5.69 Å². The fourth-order valence-electron chi connectivity index (χ4n) is 3.39. The molecule has 2 aliphatic rings. The number of hydrogen-bond acceptors (Lipinski definition) is 2. The highest BCUT2D eigenvalue weighted by Crippen LogP contribution is 2.22. The Morgan fingerprint density at radius 3 is 3.00 bits per heavy atom. The summed E-state index contributed by atoms with van der Waals surface area (Å²) in [7, 11) is 0. The molecule has 0 spiro atoms. The molecule has 116 valence electrons. The Balaban J connectivity index is 1.47. The molecule has 0 saturated carbocycles. The predicted molar refractivity (Wildman–Crippen MR) is 93.7 cm³/mol. The summed E-state index contributed by atoms with van der Waals surface area (Å²) in [6.07, 6.45) is 7.28. The molecule has 4 rings (SSSR count). The number of para-hydroxylation sites is 1. The van der Waals surface area contributed by atoms with E-state index >= 15 is 0 Å². The highest BCUT2D eigenvalue weighted by Gasteiger charge is 2.20. The molecule has 1 aliphatic heterocycles. The van der Waals surface area contributed by atoms with Crippen LogP contribution in [-0.4, -0.2) is 18.5 Å². The average Bonchev–Trinajstić information content (AvgIpc) is 2.61. The molecule has 0 bridgehead atoms. The second-order valence-corrected chi connectivity index (χ2v) is 6.27. The highest BCUT2D eigenvalue weighted by molar-refractivity contribution is 5.95. The topological polar surface area (TPSA) is 41.1 Å². The van der Waals surface area contributed by atoms with Gasteiger partial charge in [-0.1, -0.05) is 36.4 Å². The van der Waals surface area contributed by atoms with Gasteiger partial charge >= 0.3 is 0 Å². The first-order chi connectivity index (χ1) is 11.3. The summed E-state index contributed by atoms with van der Waals surface area (Å²) in [5, 5.41) is 6.56. The SMILES string of the molecule is O=C(NC1CNc2ccccc2C1)c1ccc2c(c1)CCC=C2. The Labute approximate surface area is 136 Å². The molecule has 3 heteroatoms. The molecule has 0 saturated heterocycles. The van der Waals surface area contributed by atoms with Crippen molar-refractivity contribution in [3.8, 4) is 0 Å². The zero-order valence-corrected chi connectivity index (χ0v) is 13.0. The van der Waals surface area contributed by atoms with Gasteiger partial charge in [0.25, 0.3) is 5.91 Å². The molecular formula is C20H20N2O. The van der Waals surface area contributed by atoms with E-state index in [0.717, 1.165) is 31.4 Å². The van der Waals surface area contributed by atoms with Gasteiger partial charge < -0.3 is 10.6 Å². The molecule has 1 unspecified atom stereocenters. The number of allylic oxidation sites excluding steroid dienone is 1. The van der Waals surface area contributed by atoms with E-state index in [0.29, 0.717) is 0 Å². The molecule has 2 N–H and O–H groups in total. The molecule has 1 aliphatic carbocycles. The number of rotatable bonds is 2. The number of amides is 1. The summed E-state index contributed by atoms with van der Waals surface area (Å²) >= 11 is 0. The van der Waals surface area contributed by atoms with Gasteiger partial charge in [0.1, 0.15) is 0 Å². The lowest BCUT2D eigenvalue weighted by Gasteiger charge is -2.27. The Morgan fingerprint density at radius 2 is 2.04 bits per heavy atom. The van der Waals surface area contributed by atoms with Gasteiger partial charge in [-0.2, -0.15) is 0 Å². The number of benzene rings is 2. The summed E-state index contributed by atoms with van der Waals surface area (Å²) in [6, 6.07) is 14.4. The second kappa shape index (κ2) is 5.92. The summed E-state index contributed by atoms with van der Waals surface area (Å²) in [5.41, 5.74) is 5.71. The number of aryl methyl sites for hydroxylation is 1. The van der Waals surface area contributed by atoms with Crippen LogP contribution in [0.15, 0.2) is 48.5 Å². The third-order valence-corrected chi connectivity index (χ3v) is 4.64. The summed E-state index contributed by atoms with van der Waals surface area (Å²) < 4.78 is 0. The second-order valence-electron chi connectivity index (χ2n) is 6.27. The van der Waals surface area contributed by atoms with Crippen LogP contribution in [-0.2, 0) is 12.8 Å². The molecule has 0 aromatic heterocycles. The number of nitrogens with one attached hydrogen (secondary N) is 2.